The summed E-state index contributed by atoms with van der Waals surface area (Å²) in [6, 6.07) is 12.9. The first-order valence-corrected chi connectivity index (χ1v) is 10.1. The van der Waals surface area contributed by atoms with Gasteiger partial charge in [-0.05, 0) is 48.9 Å². The van der Waals surface area contributed by atoms with Crippen LogP contribution in [0.2, 0.25) is 0 Å². The molecule has 2 aromatic rings. The summed E-state index contributed by atoms with van der Waals surface area (Å²) in [5.74, 6) is 0.343. The SMILES string of the molecule is Cc1cccc(S(=O)(=O)N2CCN(CCOc3ccc(F)cc3)CC2)c1. The van der Waals surface area contributed by atoms with Crippen molar-refractivity contribution in [2.24, 2.45) is 0 Å². The number of benzene rings is 2. The summed E-state index contributed by atoms with van der Waals surface area (Å²) in [4.78, 5) is 2.52. The van der Waals surface area contributed by atoms with Crippen LogP contribution < -0.4 is 4.74 Å². The molecule has 5 nitrogen and oxygen atoms in total. The molecule has 1 heterocycles. The fraction of sp³-hybridized carbons (Fsp3) is 0.368. The van der Waals surface area contributed by atoms with Crippen molar-refractivity contribution in [3.63, 3.8) is 0 Å². The molecule has 0 radical (unpaired) electrons. The molecule has 0 bridgehead atoms. The van der Waals surface area contributed by atoms with Gasteiger partial charge >= 0.3 is 0 Å². The highest BCUT2D eigenvalue weighted by molar-refractivity contribution is 7.89. The minimum Gasteiger partial charge on any atom is -0.492 e. The van der Waals surface area contributed by atoms with Crippen molar-refractivity contribution in [3.05, 3.63) is 59.9 Å². The van der Waals surface area contributed by atoms with Crippen LogP contribution in [0, 0.1) is 12.7 Å². The fourth-order valence-corrected chi connectivity index (χ4v) is 4.47. The predicted octanol–water partition coefficient (Wildman–Crippen LogP) is 2.52. The minimum absolute atomic E-state index is 0.289. The largest absolute Gasteiger partial charge is 0.492 e. The van der Waals surface area contributed by atoms with E-state index in [4.69, 9.17) is 4.74 Å². The molecule has 1 aliphatic rings. The zero-order chi connectivity index (χ0) is 18.6. The van der Waals surface area contributed by atoms with Crippen LogP contribution in [0.5, 0.6) is 5.75 Å². The maximum absolute atomic E-state index is 12.9. The van der Waals surface area contributed by atoms with Crippen LogP contribution in [0.4, 0.5) is 4.39 Å². The Labute approximate surface area is 154 Å². The highest BCUT2D eigenvalue weighted by atomic mass is 32.2. The molecule has 1 fully saturated rings. The van der Waals surface area contributed by atoms with Gasteiger partial charge in [-0.25, -0.2) is 12.8 Å². The third-order valence-corrected chi connectivity index (χ3v) is 6.34. The van der Waals surface area contributed by atoms with Crippen LogP contribution in [0.1, 0.15) is 5.56 Å². The van der Waals surface area contributed by atoms with E-state index in [1.807, 2.05) is 13.0 Å². The van der Waals surface area contributed by atoms with E-state index in [0.717, 1.165) is 5.56 Å². The molecule has 0 aromatic heterocycles. The number of hydrogen-bond donors (Lipinski definition) is 0. The number of ether oxygens (including phenoxy) is 1. The third kappa shape index (κ3) is 4.60. The zero-order valence-electron chi connectivity index (χ0n) is 14.8. The Hall–Kier alpha value is -1.96. The lowest BCUT2D eigenvalue weighted by Crippen LogP contribution is -2.49. The maximum atomic E-state index is 12.9. The monoisotopic (exact) mass is 378 g/mol. The molecule has 3 rings (SSSR count). The Morgan fingerprint density at radius 1 is 1.04 bits per heavy atom. The standard InChI is InChI=1S/C19H23FN2O3S/c1-16-3-2-4-19(15-16)26(23,24)22-11-9-21(10-12-22)13-14-25-18-7-5-17(20)6-8-18/h2-8,15H,9-14H2,1H3. The van der Waals surface area contributed by atoms with E-state index in [2.05, 4.69) is 4.90 Å². The maximum Gasteiger partial charge on any atom is 0.243 e. The second-order valence-electron chi connectivity index (χ2n) is 6.36. The lowest BCUT2D eigenvalue weighted by molar-refractivity contribution is 0.159. The molecular formula is C19H23FN2O3S. The van der Waals surface area contributed by atoms with Gasteiger partial charge in [-0.3, -0.25) is 4.90 Å². The van der Waals surface area contributed by atoms with Crippen molar-refractivity contribution in [3.8, 4) is 5.75 Å². The first kappa shape index (κ1) is 18.8. The van der Waals surface area contributed by atoms with Crippen LogP contribution in [0.3, 0.4) is 0 Å². The van der Waals surface area contributed by atoms with Gasteiger partial charge in [0.1, 0.15) is 18.2 Å². The molecule has 0 saturated carbocycles. The van der Waals surface area contributed by atoms with E-state index in [0.29, 0.717) is 50.0 Å². The van der Waals surface area contributed by atoms with Gasteiger partial charge in [0.15, 0.2) is 0 Å². The van der Waals surface area contributed by atoms with Gasteiger partial charge in [-0.2, -0.15) is 4.31 Å². The van der Waals surface area contributed by atoms with Crippen LogP contribution in [-0.4, -0.2) is 57.0 Å². The van der Waals surface area contributed by atoms with Crippen molar-refractivity contribution in [2.45, 2.75) is 11.8 Å². The Bertz CT molecular complexity index is 832. The highest BCUT2D eigenvalue weighted by Crippen LogP contribution is 2.18. The number of nitrogens with zero attached hydrogens (tertiary/aromatic N) is 2. The van der Waals surface area contributed by atoms with Crippen LogP contribution in [-0.2, 0) is 10.0 Å². The first-order chi connectivity index (χ1) is 12.4. The van der Waals surface area contributed by atoms with Crippen molar-refractivity contribution in [1.82, 2.24) is 9.21 Å². The number of piperazine rings is 1. The summed E-state index contributed by atoms with van der Waals surface area (Å²) < 4.78 is 45.5. The Morgan fingerprint density at radius 3 is 2.38 bits per heavy atom. The molecule has 7 heteroatoms. The lowest BCUT2D eigenvalue weighted by Gasteiger charge is -2.33. The van der Waals surface area contributed by atoms with Crippen LogP contribution in [0.25, 0.3) is 0 Å². The summed E-state index contributed by atoms with van der Waals surface area (Å²) in [5.41, 5.74) is 0.933. The average Bonchev–Trinajstić information content (AvgIpc) is 2.64. The van der Waals surface area contributed by atoms with Gasteiger partial charge in [-0.1, -0.05) is 12.1 Å². The van der Waals surface area contributed by atoms with Gasteiger partial charge in [-0.15, -0.1) is 0 Å². The second kappa shape index (κ2) is 8.16. The molecule has 140 valence electrons. The summed E-state index contributed by atoms with van der Waals surface area (Å²) in [6.45, 7) is 5.33. The number of rotatable bonds is 6. The van der Waals surface area contributed by atoms with Crippen LogP contribution in [0.15, 0.2) is 53.4 Å². The topological polar surface area (TPSA) is 49.9 Å². The van der Waals surface area contributed by atoms with E-state index in [1.165, 1.54) is 12.1 Å². The van der Waals surface area contributed by atoms with Gasteiger partial charge in [0.05, 0.1) is 4.90 Å². The number of sulfonamides is 1. The summed E-state index contributed by atoms with van der Waals surface area (Å²) in [7, 11) is -3.44. The molecule has 0 N–H and O–H groups in total. The van der Waals surface area contributed by atoms with Crippen molar-refractivity contribution < 1.29 is 17.5 Å². The first-order valence-electron chi connectivity index (χ1n) is 8.63. The average molecular weight is 378 g/mol. The van der Waals surface area contributed by atoms with Crippen molar-refractivity contribution >= 4 is 10.0 Å². The van der Waals surface area contributed by atoms with E-state index in [9.17, 15) is 12.8 Å². The second-order valence-corrected chi connectivity index (χ2v) is 8.30. The van der Waals surface area contributed by atoms with E-state index in [1.54, 1.807) is 34.6 Å². The molecule has 0 spiro atoms. The summed E-state index contributed by atoms with van der Waals surface area (Å²) in [5, 5.41) is 0. The minimum atomic E-state index is -3.44. The normalized spacial score (nSPS) is 16.5. The molecular weight excluding hydrogens is 355 g/mol. The number of hydrogen-bond acceptors (Lipinski definition) is 4. The fourth-order valence-electron chi connectivity index (χ4n) is 2.94. The van der Waals surface area contributed by atoms with Crippen molar-refractivity contribution in [2.75, 3.05) is 39.3 Å². The van der Waals surface area contributed by atoms with Gasteiger partial charge < -0.3 is 4.74 Å². The molecule has 26 heavy (non-hydrogen) atoms. The van der Waals surface area contributed by atoms with Gasteiger partial charge in [0, 0.05) is 32.7 Å². The predicted molar refractivity (Wildman–Crippen MR) is 98.3 cm³/mol. The van der Waals surface area contributed by atoms with Gasteiger partial charge in [0.25, 0.3) is 0 Å². The number of halogens is 1. The highest BCUT2D eigenvalue weighted by Gasteiger charge is 2.28. The molecule has 0 amide bonds. The summed E-state index contributed by atoms with van der Waals surface area (Å²) >= 11 is 0. The molecule has 0 aliphatic carbocycles. The van der Waals surface area contributed by atoms with Crippen molar-refractivity contribution in [1.29, 1.82) is 0 Å². The third-order valence-electron chi connectivity index (χ3n) is 4.45. The Morgan fingerprint density at radius 2 is 1.73 bits per heavy atom. The van der Waals surface area contributed by atoms with E-state index in [-0.39, 0.29) is 5.82 Å². The quantitative estimate of drug-likeness (QED) is 0.775. The Balaban J connectivity index is 1.48. The molecule has 2 aromatic carbocycles. The molecule has 0 atom stereocenters. The number of aryl methyl sites for hydroxylation is 1. The molecule has 1 saturated heterocycles. The van der Waals surface area contributed by atoms with Crippen LogP contribution >= 0.6 is 0 Å². The molecule has 1 aliphatic heterocycles. The Kier molecular flexibility index (Phi) is 5.90. The lowest BCUT2D eigenvalue weighted by atomic mass is 10.2. The molecule has 0 unspecified atom stereocenters. The smallest absolute Gasteiger partial charge is 0.243 e. The van der Waals surface area contributed by atoms with E-state index >= 15 is 0 Å². The zero-order valence-corrected chi connectivity index (χ0v) is 15.6. The summed E-state index contributed by atoms with van der Waals surface area (Å²) in [6.07, 6.45) is 0. The van der Waals surface area contributed by atoms with Gasteiger partial charge in [0.2, 0.25) is 10.0 Å². The van der Waals surface area contributed by atoms with E-state index < -0.39 is 10.0 Å².